The molecule has 3 aromatic carbocycles. The number of carboxylic acids is 1. The van der Waals surface area contributed by atoms with Gasteiger partial charge in [-0.15, -0.1) is 0 Å². The lowest BCUT2D eigenvalue weighted by atomic mass is 9.87. The van der Waals surface area contributed by atoms with Crippen molar-refractivity contribution in [2.75, 3.05) is 0 Å². The van der Waals surface area contributed by atoms with Crippen molar-refractivity contribution in [1.82, 2.24) is 0 Å². The van der Waals surface area contributed by atoms with Crippen molar-refractivity contribution < 1.29 is 9.90 Å². The predicted octanol–water partition coefficient (Wildman–Crippen LogP) is 6.56. The third-order valence-electron chi connectivity index (χ3n) is 4.22. The van der Waals surface area contributed by atoms with Crippen LogP contribution in [0.3, 0.4) is 0 Å². The Balaban J connectivity index is 0.000000500. The van der Waals surface area contributed by atoms with Gasteiger partial charge in [0.15, 0.2) is 14.7 Å². The Morgan fingerprint density at radius 1 is 0.750 bits per heavy atom. The molecule has 0 unspecified atom stereocenters. The van der Waals surface area contributed by atoms with E-state index in [1.807, 2.05) is 0 Å². The van der Waals surface area contributed by atoms with E-state index in [1.54, 1.807) is 6.92 Å². The van der Waals surface area contributed by atoms with Crippen LogP contribution < -0.4 is 0 Å². The molecule has 3 heteroatoms. The summed E-state index contributed by atoms with van der Waals surface area (Å²) in [5.41, 5.74) is 1.57. The normalized spacial score (nSPS) is 10.9. The molecule has 28 heavy (non-hydrogen) atoms. The number of aliphatic carboxylic acids is 1. The van der Waals surface area contributed by atoms with E-state index in [2.05, 4.69) is 106 Å². The molecule has 0 saturated carbocycles. The lowest BCUT2D eigenvalue weighted by Crippen LogP contribution is -2.11. The van der Waals surface area contributed by atoms with E-state index in [-0.39, 0.29) is 22.7 Å². The average molecular weight is 394 g/mol. The fourth-order valence-corrected chi connectivity index (χ4v) is 4.70. The Morgan fingerprint density at radius 3 is 1.43 bits per heavy atom. The summed E-state index contributed by atoms with van der Waals surface area (Å²) in [4.78, 5) is 13.5. The van der Waals surface area contributed by atoms with Gasteiger partial charge in [0.05, 0.1) is 10.9 Å². The Kier molecular flexibility index (Phi) is 7.89. The Morgan fingerprint density at radius 2 is 1.11 bits per heavy atom. The van der Waals surface area contributed by atoms with E-state index in [1.165, 1.54) is 20.2 Å². The lowest BCUT2D eigenvalue weighted by Gasteiger charge is -2.19. The Labute approximate surface area is 171 Å². The molecule has 0 heterocycles. The molecule has 3 rings (SSSR count). The number of carboxylic acid groups (broad SMARTS) is 1. The summed E-state index contributed by atoms with van der Waals surface area (Å²) in [5, 5.41) is 7.72. The SMILES string of the molecule is CC(C)(C)c1ccc([S+](c2ccccc2)c2ccccc2)cc1.CCC(=O)O. The number of hydrogen-bond acceptors (Lipinski definition) is 1. The third-order valence-corrected chi connectivity index (χ3v) is 6.45. The zero-order valence-corrected chi connectivity index (χ0v) is 17.9. The summed E-state index contributed by atoms with van der Waals surface area (Å²) < 4.78 is 0. The zero-order chi connectivity index (χ0) is 20.6. The fourth-order valence-electron chi connectivity index (χ4n) is 2.61. The van der Waals surface area contributed by atoms with Crippen LogP contribution in [0.4, 0.5) is 0 Å². The molecule has 0 spiro atoms. The van der Waals surface area contributed by atoms with E-state index < -0.39 is 5.97 Å². The van der Waals surface area contributed by atoms with Crippen molar-refractivity contribution >= 4 is 16.9 Å². The highest BCUT2D eigenvalue weighted by atomic mass is 32.2. The maximum Gasteiger partial charge on any atom is 0.303 e. The summed E-state index contributed by atoms with van der Waals surface area (Å²) in [6.45, 7) is 8.38. The summed E-state index contributed by atoms with van der Waals surface area (Å²) in [5.74, 6) is -0.745. The maximum atomic E-state index is 9.37. The summed E-state index contributed by atoms with van der Waals surface area (Å²) in [6, 6.07) is 30.7. The molecule has 0 aliphatic heterocycles. The van der Waals surface area contributed by atoms with Crippen molar-refractivity contribution in [1.29, 1.82) is 0 Å². The van der Waals surface area contributed by atoms with E-state index in [0.717, 1.165) is 0 Å². The zero-order valence-electron chi connectivity index (χ0n) is 17.1. The minimum atomic E-state index is -0.745. The van der Waals surface area contributed by atoms with Crippen LogP contribution in [0.5, 0.6) is 0 Å². The van der Waals surface area contributed by atoms with Crippen molar-refractivity contribution in [2.45, 2.75) is 54.2 Å². The Hall–Kier alpha value is -2.52. The molecule has 0 fully saturated rings. The lowest BCUT2D eigenvalue weighted by molar-refractivity contribution is -0.136. The van der Waals surface area contributed by atoms with E-state index >= 15 is 0 Å². The van der Waals surface area contributed by atoms with Crippen molar-refractivity contribution in [3.63, 3.8) is 0 Å². The molecule has 0 radical (unpaired) electrons. The number of hydrogen-bond donors (Lipinski definition) is 1. The molecule has 0 saturated heterocycles. The van der Waals surface area contributed by atoms with Crippen molar-refractivity contribution in [3.05, 3.63) is 90.5 Å². The second kappa shape index (κ2) is 10.1. The first-order valence-corrected chi connectivity index (χ1v) is 10.7. The monoisotopic (exact) mass is 393 g/mol. The largest absolute Gasteiger partial charge is 0.481 e. The van der Waals surface area contributed by atoms with E-state index in [0.29, 0.717) is 0 Å². The van der Waals surface area contributed by atoms with Crippen LogP contribution in [0, 0.1) is 0 Å². The maximum absolute atomic E-state index is 9.37. The van der Waals surface area contributed by atoms with Crippen LogP contribution in [0.15, 0.2) is 99.6 Å². The quantitative estimate of drug-likeness (QED) is 0.510. The summed E-state index contributed by atoms with van der Waals surface area (Å²) in [7, 11) is -0.0497. The van der Waals surface area contributed by atoms with Crippen LogP contribution in [0.2, 0.25) is 0 Å². The molecule has 2 nitrogen and oxygen atoms in total. The number of benzene rings is 3. The van der Waals surface area contributed by atoms with E-state index in [9.17, 15) is 4.79 Å². The Bertz CT molecular complexity index is 811. The van der Waals surface area contributed by atoms with Gasteiger partial charge < -0.3 is 5.11 Å². The standard InChI is InChI=1S/C22H23S.C3H6O2/c1-22(2,3)18-14-16-21(17-15-18)23(19-10-6-4-7-11-19)20-12-8-5-9-13-20;1-2-3(4)5/h4-17H,1-3H3;2H2,1H3,(H,4,5)/q+1;. The van der Waals surface area contributed by atoms with Crippen LogP contribution in [0.1, 0.15) is 39.7 Å². The molecule has 0 aromatic heterocycles. The van der Waals surface area contributed by atoms with E-state index in [4.69, 9.17) is 5.11 Å². The second-order valence-corrected chi connectivity index (χ2v) is 9.48. The van der Waals surface area contributed by atoms with Gasteiger partial charge >= 0.3 is 5.97 Å². The molecular formula is C25H29O2S+. The van der Waals surface area contributed by atoms with Gasteiger partial charge in [-0.05, 0) is 47.4 Å². The first-order chi connectivity index (χ1) is 13.3. The van der Waals surface area contributed by atoms with Gasteiger partial charge in [0.1, 0.15) is 0 Å². The van der Waals surface area contributed by atoms with Gasteiger partial charge in [0.2, 0.25) is 0 Å². The smallest absolute Gasteiger partial charge is 0.303 e. The fraction of sp³-hybridized carbons (Fsp3) is 0.240. The van der Waals surface area contributed by atoms with Crippen LogP contribution in [-0.2, 0) is 21.1 Å². The first-order valence-electron chi connectivity index (χ1n) is 9.49. The van der Waals surface area contributed by atoms with Gasteiger partial charge in [-0.2, -0.15) is 0 Å². The van der Waals surface area contributed by atoms with Crippen molar-refractivity contribution in [3.8, 4) is 0 Å². The molecule has 0 atom stereocenters. The van der Waals surface area contributed by atoms with Crippen LogP contribution >= 0.6 is 0 Å². The van der Waals surface area contributed by atoms with Gasteiger partial charge in [0.25, 0.3) is 0 Å². The molecule has 0 bridgehead atoms. The highest BCUT2D eigenvalue weighted by Gasteiger charge is 2.28. The summed E-state index contributed by atoms with van der Waals surface area (Å²) >= 11 is 0. The summed E-state index contributed by atoms with van der Waals surface area (Å²) in [6.07, 6.45) is 0.222. The highest BCUT2D eigenvalue weighted by Crippen LogP contribution is 2.32. The van der Waals surface area contributed by atoms with Crippen LogP contribution in [-0.4, -0.2) is 11.1 Å². The molecule has 0 amide bonds. The molecule has 0 aliphatic rings. The minimum Gasteiger partial charge on any atom is -0.481 e. The van der Waals surface area contributed by atoms with Crippen molar-refractivity contribution in [2.24, 2.45) is 0 Å². The molecule has 146 valence electrons. The average Bonchev–Trinajstić information content (AvgIpc) is 2.70. The molecular weight excluding hydrogens is 364 g/mol. The second-order valence-electron chi connectivity index (χ2n) is 7.45. The molecule has 0 aliphatic carbocycles. The third kappa shape index (κ3) is 6.28. The van der Waals surface area contributed by atoms with Gasteiger partial charge in [-0.3, -0.25) is 4.79 Å². The number of rotatable bonds is 4. The van der Waals surface area contributed by atoms with Gasteiger partial charge in [-0.25, -0.2) is 0 Å². The van der Waals surface area contributed by atoms with Gasteiger partial charge in [-0.1, -0.05) is 76.2 Å². The topological polar surface area (TPSA) is 37.3 Å². The minimum absolute atomic E-state index is 0.0497. The molecule has 3 aromatic rings. The highest BCUT2D eigenvalue weighted by molar-refractivity contribution is 7.97. The number of carbonyl (C=O) groups is 1. The first kappa shape index (κ1) is 21.8. The van der Waals surface area contributed by atoms with Gasteiger partial charge in [0, 0.05) is 6.42 Å². The van der Waals surface area contributed by atoms with Crippen LogP contribution in [0.25, 0.3) is 0 Å². The molecule has 1 N–H and O–H groups in total. The predicted molar refractivity (Wildman–Crippen MR) is 118 cm³/mol.